The first kappa shape index (κ1) is 6.15. The molecule has 0 N–H and O–H groups in total. The molecule has 0 unspecified atom stereocenters. The average molecular weight is 147 g/mol. The van der Waals surface area contributed by atoms with Crippen molar-refractivity contribution in [3.63, 3.8) is 0 Å². The van der Waals surface area contributed by atoms with Crippen LogP contribution in [-0.4, -0.2) is 4.92 Å². The highest BCUT2D eigenvalue weighted by molar-refractivity contribution is 7.13. The first-order valence-electron chi connectivity index (χ1n) is 2.08. The quantitative estimate of drug-likeness (QED) is 0.449. The van der Waals surface area contributed by atoms with Crippen LogP contribution >= 0.6 is 11.3 Å². The van der Waals surface area contributed by atoms with Crippen molar-refractivity contribution in [1.29, 1.82) is 0 Å². The third-order valence-electron chi connectivity index (χ3n) is 0.734. The van der Waals surface area contributed by atoms with Crippen LogP contribution in [0, 0.1) is 15.9 Å². The van der Waals surface area contributed by atoms with Gasteiger partial charge in [-0.15, -0.1) is 0 Å². The lowest BCUT2D eigenvalue weighted by molar-refractivity contribution is -0.380. The van der Waals surface area contributed by atoms with E-state index in [0.29, 0.717) is 0 Å². The molecule has 0 radical (unpaired) electrons. The lowest BCUT2D eigenvalue weighted by Crippen LogP contribution is -1.80. The molecule has 0 aliphatic rings. The molecule has 0 saturated heterocycles. The number of halogens is 1. The van der Waals surface area contributed by atoms with Gasteiger partial charge < -0.3 is 0 Å². The van der Waals surface area contributed by atoms with E-state index in [2.05, 4.69) is 0 Å². The molecule has 9 heavy (non-hydrogen) atoms. The molecule has 48 valence electrons. The van der Waals surface area contributed by atoms with Gasteiger partial charge in [-0.25, -0.2) is 4.39 Å². The van der Waals surface area contributed by atoms with E-state index in [1.807, 2.05) is 0 Å². The van der Waals surface area contributed by atoms with E-state index in [0.717, 1.165) is 22.8 Å². The molecule has 0 amide bonds. The minimum atomic E-state index is -0.617. The van der Waals surface area contributed by atoms with Crippen molar-refractivity contribution >= 4 is 16.3 Å². The maximum atomic E-state index is 12.0. The number of nitro groups is 1. The third-order valence-corrected chi connectivity index (χ3v) is 1.58. The monoisotopic (exact) mass is 147 g/mol. The summed E-state index contributed by atoms with van der Waals surface area (Å²) in [7, 11) is 0. The van der Waals surface area contributed by atoms with Gasteiger partial charge in [0, 0.05) is 5.38 Å². The summed E-state index contributed by atoms with van der Waals surface area (Å²) in [5.74, 6) is -0.549. The summed E-state index contributed by atoms with van der Waals surface area (Å²) in [5.41, 5.74) is 0. The third kappa shape index (κ3) is 1.23. The van der Waals surface area contributed by atoms with Crippen LogP contribution in [0.2, 0.25) is 0 Å². The zero-order chi connectivity index (χ0) is 6.85. The summed E-state index contributed by atoms with van der Waals surface area (Å²) in [6, 6.07) is 0.894. The number of hydrogen-bond donors (Lipinski definition) is 0. The van der Waals surface area contributed by atoms with Crippen molar-refractivity contribution in [3.8, 4) is 0 Å². The molecule has 1 heterocycles. The fraction of sp³-hybridized carbons (Fsp3) is 0. The van der Waals surface area contributed by atoms with Crippen LogP contribution in [0.25, 0.3) is 0 Å². The first-order chi connectivity index (χ1) is 4.20. The number of hydrogen-bond acceptors (Lipinski definition) is 3. The second-order valence-corrected chi connectivity index (χ2v) is 2.25. The van der Waals surface area contributed by atoms with E-state index in [1.165, 1.54) is 0 Å². The summed E-state index contributed by atoms with van der Waals surface area (Å²) in [4.78, 5) is 9.25. The minimum absolute atomic E-state index is 0.160. The van der Waals surface area contributed by atoms with Crippen LogP contribution < -0.4 is 0 Å². The molecule has 0 fully saturated rings. The van der Waals surface area contributed by atoms with E-state index >= 15 is 0 Å². The van der Waals surface area contributed by atoms with Gasteiger partial charge in [-0.05, 0) is 0 Å². The Morgan fingerprint density at radius 2 is 2.44 bits per heavy atom. The Labute approximate surface area is 53.9 Å². The largest absolute Gasteiger partial charge is 0.327 e. The number of rotatable bonds is 1. The molecular formula is C4H2FNO2S. The van der Waals surface area contributed by atoms with Crippen LogP contribution in [0.4, 0.5) is 9.39 Å². The molecule has 3 nitrogen and oxygen atoms in total. The summed E-state index contributed by atoms with van der Waals surface area (Å²) in [6.07, 6.45) is 0. The fourth-order valence-corrected chi connectivity index (χ4v) is 0.966. The summed E-state index contributed by atoms with van der Waals surface area (Å²) in [5, 5.41) is 10.8. The Morgan fingerprint density at radius 3 is 2.67 bits per heavy atom. The molecule has 0 aromatic carbocycles. The maximum absolute atomic E-state index is 12.0. The standard InChI is InChI=1S/C4H2FNO2S/c5-3-1-4(6(7)8)9-2-3/h1-2H. The highest BCUT2D eigenvalue weighted by atomic mass is 32.1. The zero-order valence-electron chi connectivity index (χ0n) is 4.20. The lowest BCUT2D eigenvalue weighted by Gasteiger charge is -1.77. The molecular weight excluding hydrogens is 145 g/mol. The fourth-order valence-electron chi connectivity index (χ4n) is 0.398. The highest BCUT2D eigenvalue weighted by Crippen LogP contribution is 2.20. The average Bonchev–Trinajstić information content (AvgIpc) is 2.14. The van der Waals surface area contributed by atoms with Crippen LogP contribution in [0.3, 0.4) is 0 Å². The van der Waals surface area contributed by atoms with Gasteiger partial charge in [-0.1, -0.05) is 11.3 Å². The molecule has 0 spiro atoms. The molecule has 5 heteroatoms. The lowest BCUT2D eigenvalue weighted by atomic mass is 10.6. The predicted molar refractivity (Wildman–Crippen MR) is 30.9 cm³/mol. The van der Waals surface area contributed by atoms with Crippen LogP contribution in [-0.2, 0) is 0 Å². The van der Waals surface area contributed by atoms with Crippen molar-refractivity contribution in [2.45, 2.75) is 0 Å². The summed E-state index contributed by atoms with van der Waals surface area (Å²) < 4.78 is 12.0. The van der Waals surface area contributed by atoms with Crippen molar-refractivity contribution in [3.05, 3.63) is 27.4 Å². The van der Waals surface area contributed by atoms with Crippen molar-refractivity contribution in [2.24, 2.45) is 0 Å². The van der Waals surface area contributed by atoms with E-state index in [4.69, 9.17) is 0 Å². The highest BCUT2D eigenvalue weighted by Gasteiger charge is 2.07. The van der Waals surface area contributed by atoms with E-state index in [1.54, 1.807) is 0 Å². The topological polar surface area (TPSA) is 43.1 Å². The number of thiophene rings is 1. The van der Waals surface area contributed by atoms with Gasteiger partial charge in [0.25, 0.3) is 0 Å². The Balaban J connectivity index is 2.98. The summed E-state index contributed by atoms with van der Waals surface area (Å²) in [6.45, 7) is 0. The molecule has 0 aliphatic carbocycles. The van der Waals surface area contributed by atoms with E-state index < -0.39 is 10.7 Å². The first-order valence-corrected chi connectivity index (χ1v) is 2.96. The summed E-state index contributed by atoms with van der Waals surface area (Å²) >= 11 is 0.784. The maximum Gasteiger partial charge on any atom is 0.327 e. The predicted octanol–water partition coefficient (Wildman–Crippen LogP) is 1.80. The van der Waals surface area contributed by atoms with Crippen LogP contribution in [0.1, 0.15) is 0 Å². The second-order valence-electron chi connectivity index (χ2n) is 1.36. The molecule has 0 aliphatic heterocycles. The van der Waals surface area contributed by atoms with E-state index in [-0.39, 0.29) is 5.00 Å². The number of nitrogens with zero attached hydrogens (tertiary/aromatic N) is 1. The molecule has 0 bridgehead atoms. The molecule has 0 atom stereocenters. The van der Waals surface area contributed by atoms with Gasteiger partial charge in [0.1, 0.15) is 5.82 Å². The van der Waals surface area contributed by atoms with Gasteiger partial charge in [0.2, 0.25) is 0 Å². The van der Waals surface area contributed by atoms with Crippen LogP contribution in [0.5, 0.6) is 0 Å². The van der Waals surface area contributed by atoms with Crippen molar-refractivity contribution in [1.82, 2.24) is 0 Å². The minimum Gasteiger partial charge on any atom is -0.258 e. The SMILES string of the molecule is O=[N+]([O-])c1cc(F)cs1. The smallest absolute Gasteiger partial charge is 0.258 e. The molecule has 0 saturated carbocycles. The van der Waals surface area contributed by atoms with Gasteiger partial charge in [-0.3, -0.25) is 10.1 Å². The van der Waals surface area contributed by atoms with E-state index in [9.17, 15) is 14.5 Å². The Morgan fingerprint density at radius 1 is 1.78 bits per heavy atom. The molecule has 1 rings (SSSR count). The Kier molecular flexibility index (Phi) is 1.44. The second kappa shape index (κ2) is 2.10. The normalized spacial score (nSPS) is 9.44. The van der Waals surface area contributed by atoms with Crippen molar-refractivity contribution < 1.29 is 9.31 Å². The molecule has 1 aromatic heterocycles. The van der Waals surface area contributed by atoms with Crippen LogP contribution in [0.15, 0.2) is 11.4 Å². The van der Waals surface area contributed by atoms with Gasteiger partial charge in [0.05, 0.1) is 11.0 Å². The van der Waals surface area contributed by atoms with Gasteiger partial charge in [0.15, 0.2) is 0 Å². The zero-order valence-corrected chi connectivity index (χ0v) is 5.02. The van der Waals surface area contributed by atoms with Crippen molar-refractivity contribution in [2.75, 3.05) is 0 Å². The Bertz CT molecular complexity index is 234. The molecule has 1 aromatic rings. The van der Waals surface area contributed by atoms with Gasteiger partial charge >= 0.3 is 5.00 Å². The van der Waals surface area contributed by atoms with Gasteiger partial charge in [-0.2, -0.15) is 0 Å². The Hall–Kier alpha value is -0.970.